The molecule has 0 atom stereocenters. The van der Waals surface area contributed by atoms with Crippen LogP contribution in [0.5, 0.6) is 0 Å². The van der Waals surface area contributed by atoms with E-state index in [9.17, 15) is 4.79 Å². The number of piperidine rings is 1. The van der Waals surface area contributed by atoms with Crippen molar-refractivity contribution in [3.63, 3.8) is 0 Å². The summed E-state index contributed by atoms with van der Waals surface area (Å²) in [7, 11) is 0. The summed E-state index contributed by atoms with van der Waals surface area (Å²) in [5, 5.41) is 9.49. The minimum atomic E-state index is 0. The average molecular weight is 437 g/mol. The molecule has 1 saturated heterocycles. The van der Waals surface area contributed by atoms with E-state index in [2.05, 4.69) is 32.8 Å². The Morgan fingerprint density at radius 1 is 1.09 bits per heavy atom. The van der Waals surface area contributed by atoms with Gasteiger partial charge in [-0.1, -0.05) is 6.42 Å². The maximum atomic E-state index is 11.5. The van der Waals surface area contributed by atoms with Crippen molar-refractivity contribution in [2.24, 2.45) is 10.9 Å². The average Bonchev–Trinajstić information content (AvgIpc) is 3.37. The molecule has 6 nitrogen and oxygen atoms in total. The molecule has 1 heterocycles. The van der Waals surface area contributed by atoms with Gasteiger partial charge in [0.1, 0.15) is 0 Å². The zero-order valence-corrected chi connectivity index (χ0v) is 16.6. The van der Waals surface area contributed by atoms with Crippen LogP contribution < -0.4 is 16.0 Å². The largest absolute Gasteiger partial charge is 0.357 e. The summed E-state index contributed by atoms with van der Waals surface area (Å²) >= 11 is 0. The summed E-state index contributed by atoms with van der Waals surface area (Å²) in [6, 6.07) is 0. The Morgan fingerprint density at radius 3 is 2.43 bits per heavy atom. The van der Waals surface area contributed by atoms with E-state index >= 15 is 0 Å². The molecule has 1 aliphatic carbocycles. The van der Waals surface area contributed by atoms with E-state index in [1.165, 1.54) is 32.4 Å². The first-order valence-electron chi connectivity index (χ1n) is 8.82. The minimum absolute atomic E-state index is 0. The highest BCUT2D eigenvalue weighted by molar-refractivity contribution is 14.0. The molecule has 0 radical (unpaired) electrons. The first kappa shape index (κ1) is 20.5. The fourth-order valence-corrected chi connectivity index (χ4v) is 2.68. The van der Waals surface area contributed by atoms with Gasteiger partial charge in [-0.3, -0.25) is 9.79 Å². The maximum absolute atomic E-state index is 11.5. The van der Waals surface area contributed by atoms with Crippen LogP contribution in [0.2, 0.25) is 0 Å². The normalized spacial score (nSPS) is 18.9. The van der Waals surface area contributed by atoms with Crippen molar-refractivity contribution >= 4 is 35.8 Å². The molecule has 1 aliphatic heterocycles. The van der Waals surface area contributed by atoms with Crippen LogP contribution in [-0.4, -0.2) is 62.6 Å². The van der Waals surface area contributed by atoms with E-state index < -0.39 is 0 Å². The first-order chi connectivity index (χ1) is 10.8. The van der Waals surface area contributed by atoms with Crippen molar-refractivity contribution < 1.29 is 4.79 Å². The number of nitrogens with zero attached hydrogens (tertiary/aromatic N) is 2. The SMILES string of the molecule is CCNC(=NCCN1CCCCC1)NCCNC(=O)C1CC1.I. The molecule has 0 unspecified atom stereocenters. The zero-order valence-electron chi connectivity index (χ0n) is 14.3. The van der Waals surface area contributed by atoms with E-state index in [0.717, 1.165) is 38.4 Å². The molecule has 2 aliphatic rings. The van der Waals surface area contributed by atoms with E-state index in [1.54, 1.807) is 0 Å². The molecule has 0 aromatic carbocycles. The topological polar surface area (TPSA) is 68.8 Å². The second kappa shape index (κ2) is 11.9. The summed E-state index contributed by atoms with van der Waals surface area (Å²) < 4.78 is 0. The highest BCUT2D eigenvalue weighted by Gasteiger charge is 2.28. The molecule has 1 amide bonds. The number of aliphatic imine (C=N–C) groups is 1. The van der Waals surface area contributed by atoms with Gasteiger partial charge in [0.05, 0.1) is 6.54 Å². The molecule has 2 fully saturated rings. The number of nitrogens with one attached hydrogen (secondary N) is 3. The van der Waals surface area contributed by atoms with Gasteiger partial charge >= 0.3 is 0 Å². The highest BCUT2D eigenvalue weighted by atomic mass is 127. The van der Waals surface area contributed by atoms with Crippen LogP contribution in [0.3, 0.4) is 0 Å². The lowest BCUT2D eigenvalue weighted by atomic mass is 10.1. The number of carbonyl (C=O) groups is 1. The van der Waals surface area contributed by atoms with E-state index in [1.807, 2.05) is 0 Å². The lowest BCUT2D eigenvalue weighted by Gasteiger charge is -2.25. The van der Waals surface area contributed by atoms with Crippen LogP contribution in [0.4, 0.5) is 0 Å². The van der Waals surface area contributed by atoms with Crippen molar-refractivity contribution in [3.05, 3.63) is 0 Å². The van der Waals surface area contributed by atoms with Gasteiger partial charge in [-0.05, 0) is 45.7 Å². The fraction of sp³-hybridized carbons (Fsp3) is 0.875. The maximum Gasteiger partial charge on any atom is 0.223 e. The second-order valence-electron chi connectivity index (χ2n) is 6.16. The molecule has 0 aromatic heterocycles. The molecular formula is C16H32IN5O. The lowest BCUT2D eigenvalue weighted by Crippen LogP contribution is -2.42. The standard InChI is InChI=1S/C16H31N5O.HI/c1-2-17-16(19-9-8-18-15(22)14-6-7-14)20-10-13-21-11-4-3-5-12-21;/h14H,2-13H2,1H3,(H,18,22)(H2,17,19,20);1H. The van der Waals surface area contributed by atoms with Crippen molar-refractivity contribution in [1.29, 1.82) is 0 Å². The van der Waals surface area contributed by atoms with Crippen molar-refractivity contribution in [3.8, 4) is 0 Å². The second-order valence-corrected chi connectivity index (χ2v) is 6.16. The van der Waals surface area contributed by atoms with Crippen molar-refractivity contribution in [1.82, 2.24) is 20.9 Å². The Kier molecular flexibility index (Phi) is 10.6. The van der Waals surface area contributed by atoms with Crippen LogP contribution in [0.25, 0.3) is 0 Å². The minimum Gasteiger partial charge on any atom is -0.357 e. The predicted octanol–water partition coefficient (Wildman–Crippen LogP) is 1.17. The number of halogens is 1. The Balaban J connectivity index is 0.00000264. The van der Waals surface area contributed by atoms with Gasteiger partial charge in [0, 0.05) is 32.1 Å². The Hall–Kier alpha value is -0.570. The van der Waals surface area contributed by atoms with Gasteiger partial charge in [-0.2, -0.15) is 0 Å². The summed E-state index contributed by atoms with van der Waals surface area (Å²) in [6.45, 7) is 8.58. The lowest BCUT2D eigenvalue weighted by molar-refractivity contribution is -0.122. The number of amides is 1. The molecule has 1 saturated carbocycles. The Bertz CT molecular complexity index is 367. The zero-order chi connectivity index (χ0) is 15.6. The number of likely N-dealkylation sites (tertiary alicyclic amines) is 1. The molecule has 134 valence electrons. The number of hydrogen-bond donors (Lipinski definition) is 3. The predicted molar refractivity (Wildman–Crippen MR) is 105 cm³/mol. The van der Waals surface area contributed by atoms with Crippen LogP contribution in [-0.2, 0) is 4.79 Å². The van der Waals surface area contributed by atoms with E-state index in [4.69, 9.17) is 0 Å². The van der Waals surface area contributed by atoms with Crippen LogP contribution in [0, 0.1) is 5.92 Å². The van der Waals surface area contributed by atoms with E-state index in [0.29, 0.717) is 13.1 Å². The molecule has 2 rings (SSSR count). The third-order valence-corrected chi connectivity index (χ3v) is 4.14. The smallest absolute Gasteiger partial charge is 0.223 e. The molecule has 0 aromatic rings. The third kappa shape index (κ3) is 8.74. The monoisotopic (exact) mass is 437 g/mol. The number of hydrogen-bond acceptors (Lipinski definition) is 3. The fourth-order valence-electron chi connectivity index (χ4n) is 2.68. The van der Waals surface area contributed by atoms with E-state index in [-0.39, 0.29) is 35.8 Å². The molecule has 0 spiro atoms. The quantitative estimate of drug-likeness (QED) is 0.231. The molecule has 7 heteroatoms. The molecule has 3 N–H and O–H groups in total. The summed E-state index contributed by atoms with van der Waals surface area (Å²) in [4.78, 5) is 18.6. The Labute approximate surface area is 157 Å². The van der Waals surface area contributed by atoms with Gasteiger partial charge in [0.25, 0.3) is 0 Å². The van der Waals surface area contributed by atoms with Crippen LogP contribution in [0.15, 0.2) is 4.99 Å². The van der Waals surface area contributed by atoms with Crippen LogP contribution >= 0.6 is 24.0 Å². The highest BCUT2D eigenvalue weighted by Crippen LogP contribution is 2.28. The van der Waals surface area contributed by atoms with Gasteiger partial charge < -0.3 is 20.9 Å². The van der Waals surface area contributed by atoms with Gasteiger partial charge in [0.15, 0.2) is 5.96 Å². The Morgan fingerprint density at radius 2 is 1.78 bits per heavy atom. The number of rotatable bonds is 8. The van der Waals surface area contributed by atoms with Gasteiger partial charge in [0.2, 0.25) is 5.91 Å². The third-order valence-electron chi connectivity index (χ3n) is 4.14. The van der Waals surface area contributed by atoms with Gasteiger partial charge in [-0.15, -0.1) is 24.0 Å². The van der Waals surface area contributed by atoms with Gasteiger partial charge in [-0.25, -0.2) is 0 Å². The van der Waals surface area contributed by atoms with Crippen LogP contribution in [0.1, 0.15) is 39.0 Å². The summed E-state index contributed by atoms with van der Waals surface area (Å²) in [6.07, 6.45) is 6.13. The molecule has 0 bridgehead atoms. The number of guanidine groups is 1. The van der Waals surface area contributed by atoms with Crippen molar-refractivity contribution in [2.45, 2.75) is 39.0 Å². The molecular weight excluding hydrogens is 405 g/mol. The first-order valence-corrected chi connectivity index (χ1v) is 8.82. The van der Waals surface area contributed by atoms with Crippen molar-refractivity contribution in [2.75, 3.05) is 45.8 Å². The number of carbonyl (C=O) groups excluding carboxylic acids is 1. The molecule has 23 heavy (non-hydrogen) atoms. The summed E-state index contributed by atoms with van der Waals surface area (Å²) in [5.74, 6) is 1.33. The summed E-state index contributed by atoms with van der Waals surface area (Å²) in [5.41, 5.74) is 0.